The van der Waals surface area contributed by atoms with Crippen molar-refractivity contribution in [3.05, 3.63) is 11.9 Å². The Kier molecular flexibility index (Phi) is 5.32. The average molecular weight is 210 g/mol. The van der Waals surface area contributed by atoms with E-state index in [4.69, 9.17) is 0 Å². The molecule has 1 atom stereocenters. The summed E-state index contributed by atoms with van der Waals surface area (Å²) >= 11 is 0. The van der Waals surface area contributed by atoms with E-state index >= 15 is 0 Å². The van der Waals surface area contributed by atoms with Gasteiger partial charge in [0.05, 0.1) is 5.69 Å². The second kappa shape index (κ2) is 6.56. The molecule has 0 aromatic carbocycles. The summed E-state index contributed by atoms with van der Waals surface area (Å²) in [6, 6.07) is 0.548. The lowest BCUT2D eigenvalue weighted by atomic mass is 10.1. The van der Waals surface area contributed by atoms with Gasteiger partial charge in [0.25, 0.3) is 0 Å². The minimum atomic E-state index is 0.548. The van der Waals surface area contributed by atoms with Crippen molar-refractivity contribution >= 4 is 0 Å². The third kappa shape index (κ3) is 4.42. The monoisotopic (exact) mass is 210 g/mol. The van der Waals surface area contributed by atoms with E-state index in [0.717, 1.165) is 18.7 Å². The molecule has 1 heterocycles. The number of aromatic nitrogens is 3. The van der Waals surface area contributed by atoms with Crippen molar-refractivity contribution in [1.29, 1.82) is 0 Å². The van der Waals surface area contributed by atoms with Crippen LogP contribution in [0.25, 0.3) is 0 Å². The first-order valence-corrected chi connectivity index (χ1v) is 5.84. The topological polar surface area (TPSA) is 42.7 Å². The second-order valence-corrected chi connectivity index (χ2v) is 3.98. The molecule has 0 saturated carbocycles. The highest BCUT2D eigenvalue weighted by molar-refractivity contribution is 4.95. The van der Waals surface area contributed by atoms with Gasteiger partial charge in [-0.25, -0.2) is 0 Å². The van der Waals surface area contributed by atoms with Crippen LogP contribution in [0.2, 0.25) is 0 Å². The number of nitrogens with one attached hydrogen (secondary N) is 1. The Hall–Kier alpha value is -0.900. The van der Waals surface area contributed by atoms with E-state index < -0.39 is 0 Å². The molecule has 0 saturated heterocycles. The normalized spacial score (nSPS) is 13.0. The van der Waals surface area contributed by atoms with Gasteiger partial charge < -0.3 is 5.32 Å². The van der Waals surface area contributed by atoms with Crippen LogP contribution in [0.1, 0.15) is 38.8 Å². The number of hydrogen-bond donors (Lipinski definition) is 1. The molecule has 0 spiro atoms. The molecule has 1 aromatic heterocycles. The highest BCUT2D eigenvalue weighted by Gasteiger charge is 2.09. The molecule has 0 amide bonds. The number of rotatable bonds is 7. The predicted molar refractivity (Wildman–Crippen MR) is 61.7 cm³/mol. The Labute approximate surface area is 92.1 Å². The van der Waals surface area contributed by atoms with Crippen LogP contribution in [0.5, 0.6) is 0 Å². The number of unbranched alkanes of at least 4 members (excludes halogenated alkanes) is 1. The molecule has 86 valence electrons. The Bertz CT molecular complexity index is 269. The molecule has 0 aliphatic heterocycles. The van der Waals surface area contributed by atoms with Gasteiger partial charge in [-0.1, -0.05) is 31.9 Å². The molecule has 15 heavy (non-hydrogen) atoms. The Morgan fingerprint density at radius 3 is 2.80 bits per heavy atom. The maximum absolute atomic E-state index is 4.12. The molecular weight excluding hydrogens is 188 g/mol. The fourth-order valence-electron chi connectivity index (χ4n) is 1.76. The van der Waals surface area contributed by atoms with Crippen LogP contribution in [0.3, 0.4) is 0 Å². The molecule has 1 aromatic rings. The summed E-state index contributed by atoms with van der Waals surface area (Å²) in [7, 11) is 1.91. The van der Waals surface area contributed by atoms with Crippen molar-refractivity contribution in [1.82, 2.24) is 20.3 Å². The Morgan fingerprint density at radius 2 is 2.27 bits per heavy atom. The summed E-state index contributed by atoms with van der Waals surface area (Å²) in [5, 5.41) is 11.6. The number of likely N-dealkylation sites (N-methyl/N-ethyl adjacent to an activating group) is 1. The lowest BCUT2D eigenvalue weighted by molar-refractivity contribution is 0.469. The molecule has 0 bridgehead atoms. The minimum Gasteiger partial charge on any atom is -0.314 e. The number of hydrogen-bond acceptors (Lipinski definition) is 3. The predicted octanol–water partition coefficient (Wildman–Crippen LogP) is 1.53. The van der Waals surface area contributed by atoms with E-state index in [2.05, 4.69) is 29.5 Å². The summed E-state index contributed by atoms with van der Waals surface area (Å²) in [6.07, 6.45) is 6.74. The first-order valence-electron chi connectivity index (χ1n) is 5.84. The molecule has 4 nitrogen and oxygen atoms in total. The molecule has 4 heteroatoms. The average Bonchev–Trinajstić information content (AvgIpc) is 2.61. The quantitative estimate of drug-likeness (QED) is 0.742. The van der Waals surface area contributed by atoms with E-state index in [0.29, 0.717) is 6.04 Å². The van der Waals surface area contributed by atoms with Crippen LogP contribution in [-0.2, 0) is 13.5 Å². The summed E-state index contributed by atoms with van der Waals surface area (Å²) in [6.45, 7) is 5.40. The van der Waals surface area contributed by atoms with Gasteiger partial charge in [-0.05, 0) is 13.0 Å². The first kappa shape index (κ1) is 12.2. The van der Waals surface area contributed by atoms with Gasteiger partial charge in [-0.2, -0.15) is 0 Å². The van der Waals surface area contributed by atoms with Crippen LogP contribution in [0.4, 0.5) is 0 Å². The van der Waals surface area contributed by atoms with E-state index in [-0.39, 0.29) is 0 Å². The first-order chi connectivity index (χ1) is 7.26. The molecule has 1 N–H and O–H groups in total. The summed E-state index contributed by atoms with van der Waals surface area (Å²) in [5.41, 5.74) is 1.08. The summed E-state index contributed by atoms with van der Waals surface area (Å²) in [4.78, 5) is 0. The SMILES string of the molecule is CCCCC(Cc1cn(C)nn1)NCC. The maximum atomic E-state index is 4.12. The highest BCUT2D eigenvalue weighted by Crippen LogP contribution is 2.06. The lowest BCUT2D eigenvalue weighted by Gasteiger charge is -2.15. The van der Waals surface area contributed by atoms with Crippen LogP contribution in [0, 0.1) is 0 Å². The third-order valence-electron chi connectivity index (χ3n) is 2.50. The van der Waals surface area contributed by atoms with Crippen LogP contribution in [-0.4, -0.2) is 27.6 Å². The fraction of sp³-hybridized carbons (Fsp3) is 0.818. The van der Waals surface area contributed by atoms with Crippen molar-refractivity contribution in [3.8, 4) is 0 Å². The molecular formula is C11H22N4. The lowest BCUT2D eigenvalue weighted by Crippen LogP contribution is -2.31. The van der Waals surface area contributed by atoms with Gasteiger partial charge in [0.1, 0.15) is 0 Å². The third-order valence-corrected chi connectivity index (χ3v) is 2.50. The molecule has 0 radical (unpaired) electrons. The Morgan fingerprint density at radius 1 is 1.47 bits per heavy atom. The number of nitrogens with zero attached hydrogens (tertiary/aromatic N) is 3. The van der Waals surface area contributed by atoms with Gasteiger partial charge >= 0.3 is 0 Å². The van der Waals surface area contributed by atoms with E-state index in [1.165, 1.54) is 19.3 Å². The van der Waals surface area contributed by atoms with E-state index in [1.54, 1.807) is 4.68 Å². The maximum Gasteiger partial charge on any atom is 0.0842 e. The summed E-state index contributed by atoms with van der Waals surface area (Å²) in [5.74, 6) is 0. The van der Waals surface area contributed by atoms with Crippen LogP contribution >= 0.6 is 0 Å². The van der Waals surface area contributed by atoms with Crippen LogP contribution in [0.15, 0.2) is 6.20 Å². The van der Waals surface area contributed by atoms with Crippen molar-refractivity contribution in [2.24, 2.45) is 7.05 Å². The largest absolute Gasteiger partial charge is 0.314 e. The van der Waals surface area contributed by atoms with E-state index in [1.807, 2.05) is 13.2 Å². The standard InChI is InChI=1S/C11H22N4/c1-4-6-7-10(12-5-2)8-11-9-15(3)14-13-11/h9-10,12H,4-8H2,1-3H3. The van der Waals surface area contributed by atoms with E-state index in [9.17, 15) is 0 Å². The molecule has 1 rings (SSSR count). The zero-order valence-electron chi connectivity index (χ0n) is 10.0. The molecule has 0 aliphatic carbocycles. The highest BCUT2D eigenvalue weighted by atomic mass is 15.4. The van der Waals surface area contributed by atoms with Crippen LogP contribution < -0.4 is 5.32 Å². The minimum absolute atomic E-state index is 0.548. The van der Waals surface area contributed by atoms with Gasteiger partial charge in [0.2, 0.25) is 0 Å². The van der Waals surface area contributed by atoms with Crippen molar-refractivity contribution in [3.63, 3.8) is 0 Å². The second-order valence-electron chi connectivity index (χ2n) is 3.98. The van der Waals surface area contributed by atoms with Gasteiger partial charge in [0, 0.05) is 25.7 Å². The molecule has 0 fully saturated rings. The zero-order valence-corrected chi connectivity index (χ0v) is 10.0. The van der Waals surface area contributed by atoms with Gasteiger partial charge in [0.15, 0.2) is 0 Å². The summed E-state index contributed by atoms with van der Waals surface area (Å²) < 4.78 is 1.76. The van der Waals surface area contributed by atoms with Crippen molar-refractivity contribution in [2.75, 3.05) is 6.54 Å². The molecule has 0 aliphatic rings. The molecule has 1 unspecified atom stereocenters. The van der Waals surface area contributed by atoms with Gasteiger partial charge in [-0.3, -0.25) is 4.68 Å². The van der Waals surface area contributed by atoms with Crippen molar-refractivity contribution < 1.29 is 0 Å². The fourth-order valence-corrected chi connectivity index (χ4v) is 1.76. The Balaban J connectivity index is 2.42. The van der Waals surface area contributed by atoms with Crippen molar-refractivity contribution in [2.45, 2.75) is 45.6 Å². The smallest absolute Gasteiger partial charge is 0.0842 e. The zero-order chi connectivity index (χ0) is 11.1. The number of aryl methyl sites for hydroxylation is 1. The van der Waals surface area contributed by atoms with Gasteiger partial charge in [-0.15, -0.1) is 5.10 Å².